The van der Waals surface area contributed by atoms with Crippen LogP contribution in [0.3, 0.4) is 0 Å². The van der Waals surface area contributed by atoms with Crippen molar-refractivity contribution in [2.45, 2.75) is 24.7 Å². The van der Waals surface area contributed by atoms with Gasteiger partial charge in [-0.25, -0.2) is 13.1 Å². The molecule has 0 aliphatic heterocycles. The molecule has 29 heavy (non-hydrogen) atoms. The lowest BCUT2D eigenvalue weighted by atomic mass is 10.1. The van der Waals surface area contributed by atoms with Crippen LogP contribution < -0.4 is 10.0 Å². The van der Waals surface area contributed by atoms with Gasteiger partial charge in [-0.05, 0) is 48.7 Å². The van der Waals surface area contributed by atoms with Crippen LogP contribution in [0.4, 0.5) is 5.69 Å². The Hall–Kier alpha value is -2.96. The smallest absolute Gasteiger partial charge is 0.240 e. The van der Waals surface area contributed by atoms with Gasteiger partial charge in [-0.15, -0.1) is 0 Å². The Morgan fingerprint density at radius 1 is 0.828 bits per heavy atom. The van der Waals surface area contributed by atoms with Crippen molar-refractivity contribution in [1.29, 1.82) is 0 Å². The second kappa shape index (κ2) is 9.49. The van der Waals surface area contributed by atoms with E-state index < -0.39 is 10.0 Å². The van der Waals surface area contributed by atoms with Crippen LogP contribution in [0.15, 0.2) is 83.8 Å². The topological polar surface area (TPSA) is 75.3 Å². The minimum absolute atomic E-state index is 0.148. The fourth-order valence-electron chi connectivity index (χ4n) is 2.87. The summed E-state index contributed by atoms with van der Waals surface area (Å²) in [6.45, 7) is 2.32. The Labute approximate surface area is 171 Å². The molecule has 0 saturated carbocycles. The first-order valence-electron chi connectivity index (χ1n) is 9.41. The Morgan fingerprint density at radius 2 is 1.48 bits per heavy atom. The second-order valence-electron chi connectivity index (χ2n) is 6.87. The number of rotatable bonds is 8. The Morgan fingerprint density at radius 3 is 2.14 bits per heavy atom. The van der Waals surface area contributed by atoms with Crippen LogP contribution in [-0.4, -0.2) is 20.9 Å². The lowest BCUT2D eigenvalue weighted by molar-refractivity contribution is -0.115. The quantitative estimate of drug-likeness (QED) is 0.597. The number of sulfonamides is 1. The zero-order chi connectivity index (χ0) is 20.7. The van der Waals surface area contributed by atoms with Crippen LogP contribution >= 0.6 is 0 Å². The average molecular weight is 409 g/mol. The highest BCUT2D eigenvalue weighted by Gasteiger charge is 2.13. The molecule has 5 nitrogen and oxygen atoms in total. The molecule has 6 heteroatoms. The van der Waals surface area contributed by atoms with Gasteiger partial charge in [0.25, 0.3) is 0 Å². The van der Waals surface area contributed by atoms with E-state index in [1.54, 1.807) is 12.1 Å². The number of carbonyl (C=O) groups is 1. The molecular formula is C23H24N2O3S. The normalized spacial score (nSPS) is 11.2. The van der Waals surface area contributed by atoms with Gasteiger partial charge in [-0.3, -0.25) is 4.79 Å². The minimum Gasteiger partial charge on any atom is -0.326 e. The molecule has 3 rings (SSSR count). The van der Waals surface area contributed by atoms with Crippen molar-refractivity contribution in [2.75, 3.05) is 11.9 Å². The molecule has 0 heterocycles. The van der Waals surface area contributed by atoms with Crippen LogP contribution in [0.5, 0.6) is 0 Å². The molecular weight excluding hydrogens is 384 g/mol. The van der Waals surface area contributed by atoms with Crippen molar-refractivity contribution >= 4 is 21.6 Å². The van der Waals surface area contributed by atoms with E-state index in [0.29, 0.717) is 18.7 Å². The van der Waals surface area contributed by atoms with Crippen LogP contribution in [0.2, 0.25) is 0 Å². The van der Waals surface area contributed by atoms with Gasteiger partial charge in [0.2, 0.25) is 15.9 Å². The lowest BCUT2D eigenvalue weighted by Gasteiger charge is -2.09. The summed E-state index contributed by atoms with van der Waals surface area (Å²) in [5.41, 5.74) is 3.70. The van der Waals surface area contributed by atoms with Gasteiger partial charge in [-0.1, -0.05) is 60.2 Å². The number of nitrogens with one attached hydrogen (secondary N) is 2. The van der Waals surface area contributed by atoms with Crippen molar-refractivity contribution in [1.82, 2.24) is 4.72 Å². The number of hydrogen-bond donors (Lipinski definition) is 2. The molecule has 1 amide bonds. The van der Waals surface area contributed by atoms with Crippen LogP contribution in [0.25, 0.3) is 0 Å². The summed E-state index contributed by atoms with van der Waals surface area (Å²) >= 11 is 0. The summed E-state index contributed by atoms with van der Waals surface area (Å²) in [5, 5.41) is 2.79. The van der Waals surface area contributed by atoms with E-state index in [-0.39, 0.29) is 17.2 Å². The van der Waals surface area contributed by atoms with Gasteiger partial charge >= 0.3 is 0 Å². The highest BCUT2D eigenvalue weighted by atomic mass is 32.2. The second-order valence-corrected chi connectivity index (χ2v) is 8.64. The van der Waals surface area contributed by atoms with Crippen molar-refractivity contribution in [2.24, 2.45) is 0 Å². The van der Waals surface area contributed by atoms with Crippen LogP contribution in [-0.2, 0) is 27.7 Å². The molecule has 0 aliphatic carbocycles. The molecule has 3 aromatic carbocycles. The van der Waals surface area contributed by atoms with Crippen molar-refractivity contribution in [3.05, 3.63) is 95.6 Å². The Bertz CT molecular complexity index is 1050. The molecule has 0 fully saturated rings. The molecule has 0 unspecified atom stereocenters. The molecule has 0 aromatic heterocycles. The van der Waals surface area contributed by atoms with Gasteiger partial charge in [0, 0.05) is 12.2 Å². The van der Waals surface area contributed by atoms with Crippen molar-refractivity contribution < 1.29 is 13.2 Å². The maximum atomic E-state index is 12.4. The number of hydrogen-bond acceptors (Lipinski definition) is 3. The summed E-state index contributed by atoms with van der Waals surface area (Å²) < 4.78 is 27.5. The molecule has 3 aromatic rings. The molecule has 150 valence electrons. The van der Waals surface area contributed by atoms with Gasteiger partial charge in [0.1, 0.15) is 0 Å². The molecule has 0 aliphatic rings. The Kier molecular flexibility index (Phi) is 6.80. The molecule has 0 atom stereocenters. The number of amides is 1. The number of benzene rings is 3. The first-order chi connectivity index (χ1) is 13.9. The summed E-state index contributed by atoms with van der Waals surface area (Å²) in [4.78, 5) is 12.4. The van der Waals surface area contributed by atoms with Gasteiger partial charge in [0.05, 0.1) is 11.3 Å². The van der Waals surface area contributed by atoms with E-state index in [2.05, 4.69) is 10.0 Å². The summed E-state index contributed by atoms with van der Waals surface area (Å²) in [6, 6.07) is 23.7. The van der Waals surface area contributed by atoms with Crippen molar-refractivity contribution in [3.8, 4) is 0 Å². The summed E-state index contributed by atoms with van der Waals surface area (Å²) in [5.74, 6) is -0.148. The van der Waals surface area contributed by atoms with Gasteiger partial charge in [0.15, 0.2) is 0 Å². The summed E-state index contributed by atoms with van der Waals surface area (Å²) in [7, 11) is -3.59. The maximum Gasteiger partial charge on any atom is 0.240 e. The number of aryl methyl sites for hydroxylation is 1. The third kappa shape index (κ3) is 6.27. The fourth-order valence-corrected chi connectivity index (χ4v) is 3.90. The third-order valence-corrected chi connectivity index (χ3v) is 5.96. The predicted octanol–water partition coefficient (Wildman–Crippen LogP) is 3.70. The predicted molar refractivity (Wildman–Crippen MR) is 115 cm³/mol. The van der Waals surface area contributed by atoms with Crippen LogP contribution in [0.1, 0.15) is 16.7 Å². The third-order valence-electron chi connectivity index (χ3n) is 4.48. The SMILES string of the molecule is Cc1ccc(CC(=O)Nc2ccc(S(=O)(=O)NCCc3ccccc3)cc2)cc1. The molecule has 0 saturated heterocycles. The standard InChI is InChI=1S/C23H24N2O3S/c1-18-7-9-20(10-8-18)17-23(26)25-21-11-13-22(14-12-21)29(27,28)24-16-15-19-5-3-2-4-6-19/h2-14,24H,15-17H2,1H3,(H,25,26). The molecule has 0 bridgehead atoms. The number of anilines is 1. The average Bonchev–Trinajstić information content (AvgIpc) is 2.71. The highest BCUT2D eigenvalue weighted by Crippen LogP contribution is 2.15. The largest absolute Gasteiger partial charge is 0.326 e. The van der Waals surface area contributed by atoms with E-state index in [0.717, 1.165) is 16.7 Å². The first-order valence-corrected chi connectivity index (χ1v) is 10.9. The first kappa shape index (κ1) is 20.8. The monoisotopic (exact) mass is 408 g/mol. The van der Waals surface area contributed by atoms with Crippen molar-refractivity contribution in [3.63, 3.8) is 0 Å². The zero-order valence-electron chi connectivity index (χ0n) is 16.3. The highest BCUT2D eigenvalue weighted by molar-refractivity contribution is 7.89. The number of carbonyl (C=O) groups excluding carboxylic acids is 1. The van der Waals surface area contributed by atoms with Gasteiger partial charge < -0.3 is 5.32 Å². The molecule has 2 N–H and O–H groups in total. The van der Waals surface area contributed by atoms with E-state index in [4.69, 9.17) is 0 Å². The fraction of sp³-hybridized carbons (Fsp3) is 0.174. The van der Waals surface area contributed by atoms with E-state index in [9.17, 15) is 13.2 Å². The molecule has 0 radical (unpaired) electrons. The molecule has 0 spiro atoms. The van der Waals surface area contributed by atoms with Gasteiger partial charge in [-0.2, -0.15) is 0 Å². The minimum atomic E-state index is -3.59. The summed E-state index contributed by atoms with van der Waals surface area (Å²) in [6.07, 6.45) is 0.884. The van der Waals surface area contributed by atoms with E-state index in [1.807, 2.05) is 61.5 Å². The van der Waals surface area contributed by atoms with E-state index >= 15 is 0 Å². The van der Waals surface area contributed by atoms with Crippen LogP contribution in [0, 0.1) is 6.92 Å². The van der Waals surface area contributed by atoms with E-state index in [1.165, 1.54) is 12.1 Å². The zero-order valence-corrected chi connectivity index (χ0v) is 17.1. The lowest BCUT2D eigenvalue weighted by Crippen LogP contribution is -2.26. The maximum absolute atomic E-state index is 12.4. The Balaban J connectivity index is 1.54.